The topological polar surface area (TPSA) is 40.9 Å². The number of allylic oxidation sites excluding steroid dienone is 1. The number of hydrogen-bond donors (Lipinski definition) is 2. The van der Waals surface area contributed by atoms with E-state index in [1.165, 1.54) is 18.4 Å². The number of Topliss-reactive ketones (excluding diaryl/α,β-unsaturated/α-hetero) is 1. The van der Waals surface area contributed by atoms with Gasteiger partial charge in [0.15, 0.2) is 5.78 Å². The fourth-order valence-corrected chi connectivity index (χ4v) is 0.341. The highest BCUT2D eigenvalue weighted by Crippen LogP contribution is 1.81. The Bertz CT molecular complexity index is 139. The van der Waals surface area contributed by atoms with Gasteiger partial charge in [-0.1, -0.05) is 0 Å². The smallest absolute Gasteiger partial charge is 0.177 e. The molecule has 44 valence electrons. The second-order valence-electron chi connectivity index (χ2n) is 1.29. The Morgan fingerprint density at radius 3 is 2.38 bits per heavy atom. The van der Waals surface area contributed by atoms with Crippen LogP contribution in [0.2, 0.25) is 0 Å². The van der Waals surface area contributed by atoms with E-state index >= 15 is 0 Å². The van der Waals surface area contributed by atoms with Crippen molar-refractivity contribution in [1.82, 2.24) is 0 Å². The number of carbonyl (C=O) groups excluding carboxylic acids is 1. The van der Waals surface area contributed by atoms with Crippen LogP contribution in [0, 0.1) is 5.41 Å². The molecular formula is C5H7NOS. The Morgan fingerprint density at radius 2 is 2.25 bits per heavy atom. The summed E-state index contributed by atoms with van der Waals surface area (Å²) in [7, 11) is 0. The zero-order valence-electron chi connectivity index (χ0n) is 4.51. The van der Waals surface area contributed by atoms with Gasteiger partial charge in [-0.3, -0.25) is 10.2 Å². The summed E-state index contributed by atoms with van der Waals surface area (Å²) in [4.78, 5) is 10.2. The van der Waals surface area contributed by atoms with E-state index in [9.17, 15) is 4.79 Å². The number of carbonyl (C=O) groups is 1. The minimum atomic E-state index is -0.240. The monoisotopic (exact) mass is 129 g/mol. The summed E-state index contributed by atoms with van der Waals surface area (Å²) in [6.45, 7) is 1.34. The van der Waals surface area contributed by atoms with Crippen LogP contribution in [0.25, 0.3) is 0 Å². The van der Waals surface area contributed by atoms with Gasteiger partial charge in [0.2, 0.25) is 0 Å². The highest BCUT2D eigenvalue weighted by molar-refractivity contribution is 7.83. The van der Waals surface area contributed by atoms with Crippen LogP contribution >= 0.6 is 12.6 Å². The van der Waals surface area contributed by atoms with Crippen LogP contribution in [0.5, 0.6) is 0 Å². The third-order valence-electron chi connectivity index (χ3n) is 0.620. The first-order valence-electron chi connectivity index (χ1n) is 2.08. The molecule has 0 fully saturated rings. The summed E-state index contributed by atoms with van der Waals surface area (Å²) in [5.41, 5.74) is -0.0139. The Balaban J connectivity index is 3.85. The summed E-state index contributed by atoms with van der Waals surface area (Å²) in [6, 6.07) is 0. The zero-order valence-corrected chi connectivity index (χ0v) is 5.40. The second kappa shape index (κ2) is 3.43. The molecule has 0 spiro atoms. The van der Waals surface area contributed by atoms with Gasteiger partial charge in [0.1, 0.15) is 0 Å². The van der Waals surface area contributed by atoms with E-state index < -0.39 is 0 Å². The van der Waals surface area contributed by atoms with Gasteiger partial charge in [-0.2, -0.15) is 12.6 Å². The summed E-state index contributed by atoms with van der Waals surface area (Å²) in [5, 5.41) is 8.22. The lowest BCUT2D eigenvalue weighted by atomic mass is 10.3. The molecule has 0 aliphatic carbocycles. The van der Waals surface area contributed by atoms with Crippen LogP contribution < -0.4 is 0 Å². The maximum absolute atomic E-state index is 10.2. The van der Waals surface area contributed by atoms with Crippen molar-refractivity contribution in [2.24, 2.45) is 0 Å². The molecule has 0 aromatic rings. The summed E-state index contributed by atoms with van der Waals surface area (Å²) in [5.74, 6) is -0.240. The molecule has 1 N–H and O–H groups in total. The van der Waals surface area contributed by atoms with Gasteiger partial charge < -0.3 is 0 Å². The van der Waals surface area contributed by atoms with Crippen molar-refractivity contribution in [2.75, 3.05) is 0 Å². The Labute approximate surface area is 53.5 Å². The van der Waals surface area contributed by atoms with Crippen molar-refractivity contribution < 1.29 is 4.79 Å². The average molecular weight is 129 g/mol. The number of nitrogens with one attached hydrogen (secondary N) is 1. The molecule has 0 radical (unpaired) electrons. The summed E-state index contributed by atoms with van der Waals surface area (Å²) < 4.78 is 0. The largest absolute Gasteiger partial charge is 0.297 e. The van der Waals surface area contributed by atoms with Gasteiger partial charge in [-0.25, -0.2) is 0 Å². The summed E-state index contributed by atoms with van der Waals surface area (Å²) in [6.07, 6.45) is 1.34. The maximum atomic E-state index is 10.2. The lowest BCUT2D eigenvalue weighted by molar-refractivity contribution is -0.111. The second-order valence-corrected chi connectivity index (χ2v) is 1.58. The van der Waals surface area contributed by atoms with E-state index in [4.69, 9.17) is 5.41 Å². The molecule has 0 saturated carbocycles. The van der Waals surface area contributed by atoms with Crippen LogP contribution in [0.4, 0.5) is 0 Å². The van der Waals surface area contributed by atoms with Crippen LogP contribution in [-0.4, -0.2) is 11.5 Å². The predicted octanol–water partition coefficient (Wildman–Crippen LogP) is 1.04. The fourth-order valence-electron chi connectivity index (χ4n) is 0.192. The molecule has 0 aromatic carbocycles. The Hall–Kier alpha value is -0.570. The van der Waals surface area contributed by atoms with Gasteiger partial charge in [0.25, 0.3) is 0 Å². The highest BCUT2D eigenvalue weighted by Gasteiger charge is 1.93. The van der Waals surface area contributed by atoms with Gasteiger partial charge in [-0.15, -0.1) is 0 Å². The first kappa shape index (κ1) is 7.43. The van der Waals surface area contributed by atoms with E-state index in [1.807, 2.05) is 0 Å². The average Bonchev–Trinajstić information content (AvgIpc) is 1.67. The van der Waals surface area contributed by atoms with Gasteiger partial charge in [-0.05, 0) is 11.5 Å². The molecule has 8 heavy (non-hydrogen) atoms. The Morgan fingerprint density at radius 1 is 1.75 bits per heavy atom. The van der Waals surface area contributed by atoms with Crippen LogP contribution in [0.3, 0.4) is 0 Å². The van der Waals surface area contributed by atoms with Crippen LogP contribution in [0.15, 0.2) is 11.5 Å². The van der Waals surface area contributed by atoms with Crippen molar-refractivity contribution in [3.05, 3.63) is 11.5 Å². The number of hydrogen-bond acceptors (Lipinski definition) is 3. The Kier molecular flexibility index (Phi) is 3.19. The normalized spacial score (nSPS) is 9.75. The standard InChI is InChI=1S/C5H7NOS/c1-4(7)5(6)2-3-8/h2-3,6,8H,1H3/b3-2-,6-5?. The molecule has 0 aliphatic heterocycles. The molecule has 0 aliphatic rings. The zero-order chi connectivity index (χ0) is 6.57. The highest BCUT2D eigenvalue weighted by atomic mass is 32.1. The lowest BCUT2D eigenvalue weighted by Gasteiger charge is -1.83. The number of thiol groups is 1. The van der Waals surface area contributed by atoms with E-state index in [1.54, 1.807) is 0 Å². The molecule has 2 nitrogen and oxygen atoms in total. The molecule has 0 aromatic heterocycles. The van der Waals surface area contributed by atoms with E-state index in [0.29, 0.717) is 0 Å². The van der Waals surface area contributed by atoms with Gasteiger partial charge in [0, 0.05) is 6.92 Å². The first-order chi connectivity index (χ1) is 3.68. The first-order valence-corrected chi connectivity index (χ1v) is 2.60. The fraction of sp³-hybridized carbons (Fsp3) is 0.200. The lowest BCUT2D eigenvalue weighted by Crippen LogP contribution is -2.02. The van der Waals surface area contributed by atoms with Crippen molar-refractivity contribution in [2.45, 2.75) is 6.92 Å². The van der Waals surface area contributed by atoms with Crippen LogP contribution in [-0.2, 0) is 4.79 Å². The molecular weight excluding hydrogens is 122 g/mol. The van der Waals surface area contributed by atoms with Gasteiger partial charge in [0.05, 0.1) is 5.71 Å². The maximum Gasteiger partial charge on any atom is 0.177 e. The molecule has 0 bridgehead atoms. The molecule has 0 amide bonds. The third-order valence-corrected chi connectivity index (χ3v) is 0.770. The minimum absolute atomic E-state index is 0.0139. The van der Waals surface area contributed by atoms with Crippen molar-refractivity contribution in [3.8, 4) is 0 Å². The molecule has 0 atom stereocenters. The van der Waals surface area contributed by atoms with Crippen molar-refractivity contribution >= 4 is 24.1 Å². The van der Waals surface area contributed by atoms with Crippen molar-refractivity contribution in [1.29, 1.82) is 5.41 Å². The molecule has 0 heterocycles. The molecule has 0 rings (SSSR count). The van der Waals surface area contributed by atoms with Crippen molar-refractivity contribution in [3.63, 3.8) is 0 Å². The van der Waals surface area contributed by atoms with Gasteiger partial charge >= 0.3 is 0 Å². The van der Waals surface area contributed by atoms with E-state index in [0.717, 1.165) is 0 Å². The molecule has 3 heteroatoms. The molecule has 0 saturated heterocycles. The number of rotatable bonds is 2. The third kappa shape index (κ3) is 2.58. The number of ketones is 1. The minimum Gasteiger partial charge on any atom is -0.297 e. The SMILES string of the molecule is CC(=O)C(=N)/C=C\S. The van der Waals surface area contributed by atoms with E-state index in [2.05, 4.69) is 12.6 Å². The van der Waals surface area contributed by atoms with E-state index in [-0.39, 0.29) is 11.5 Å². The summed E-state index contributed by atoms with van der Waals surface area (Å²) >= 11 is 3.68. The predicted molar refractivity (Wildman–Crippen MR) is 36.5 cm³/mol. The van der Waals surface area contributed by atoms with Crippen LogP contribution in [0.1, 0.15) is 6.92 Å². The molecule has 0 unspecified atom stereocenters. The quantitative estimate of drug-likeness (QED) is 0.424.